The number of benzene rings is 1. The standard InChI is InChI=1S/C15H20N4OS2/c1-16-15(20)18-22-9-8-19(2)13-11-21-14(17-13)10-12-6-4-3-5-7-12/h3-7,11H,8-10H2,1-2H3,(H2,16,18,20). The number of aromatic nitrogens is 1. The summed E-state index contributed by atoms with van der Waals surface area (Å²) in [6.07, 6.45) is 0.867. The van der Waals surface area contributed by atoms with Gasteiger partial charge >= 0.3 is 6.03 Å². The fourth-order valence-electron chi connectivity index (χ4n) is 1.79. The first-order valence-electron chi connectivity index (χ1n) is 6.98. The van der Waals surface area contributed by atoms with Crippen molar-refractivity contribution in [1.82, 2.24) is 15.0 Å². The summed E-state index contributed by atoms with van der Waals surface area (Å²) in [6.45, 7) is 0.823. The van der Waals surface area contributed by atoms with Gasteiger partial charge in [0.2, 0.25) is 0 Å². The van der Waals surface area contributed by atoms with Crippen LogP contribution in [0.15, 0.2) is 35.7 Å². The summed E-state index contributed by atoms with van der Waals surface area (Å²) in [6, 6.07) is 10.2. The van der Waals surface area contributed by atoms with Gasteiger partial charge in [-0.1, -0.05) is 30.3 Å². The monoisotopic (exact) mass is 336 g/mol. The lowest BCUT2D eigenvalue weighted by Gasteiger charge is -2.15. The minimum absolute atomic E-state index is 0.175. The molecule has 118 valence electrons. The Morgan fingerprint density at radius 1 is 1.36 bits per heavy atom. The van der Waals surface area contributed by atoms with Crippen LogP contribution in [0.1, 0.15) is 10.6 Å². The third-order valence-corrected chi connectivity index (χ3v) is 4.60. The largest absolute Gasteiger partial charge is 0.358 e. The van der Waals surface area contributed by atoms with Crippen molar-refractivity contribution in [2.45, 2.75) is 6.42 Å². The van der Waals surface area contributed by atoms with E-state index in [1.54, 1.807) is 18.4 Å². The van der Waals surface area contributed by atoms with Gasteiger partial charge in [0, 0.05) is 38.2 Å². The average Bonchev–Trinajstić information content (AvgIpc) is 3.00. The van der Waals surface area contributed by atoms with Gasteiger partial charge in [-0.15, -0.1) is 11.3 Å². The number of amides is 2. The number of hydrogen-bond acceptors (Lipinski definition) is 5. The van der Waals surface area contributed by atoms with E-state index in [4.69, 9.17) is 0 Å². The highest BCUT2D eigenvalue weighted by Gasteiger charge is 2.07. The smallest absolute Gasteiger partial charge is 0.324 e. The minimum Gasteiger partial charge on any atom is -0.358 e. The van der Waals surface area contributed by atoms with Gasteiger partial charge in [0.1, 0.15) is 5.82 Å². The number of nitrogens with one attached hydrogen (secondary N) is 2. The highest BCUT2D eigenvalue weighted by atomic mass is 32.2. The molecule has 0 aliphatic heterocycles. The zero-order chi connectivity index (χ0) is 15.8. The highest BCUT2D eigenvalue weighted by molar-refractivity contribution is 7.97. The van der Waals surface area contributed by atoms with Gasteiger partial charge in [0.25, 0.3) is 0 Å². The normalized spacial score (nSPS) is 10.3. The Hall–Kier alpha value is -1.73. The summed E-state index contributed by atoms with van der Waals surface area (Å²) in [7, 11) is 3.62. The molecule has 2 aromatic rings. The van der Waals surface area contributed by atoms with Crippen LogP contribution in [0.3, 0.4) is 0 Å². The molecule has 1 heterocycles. The van der Waals surface area contributed by atoms with Gasteiger partial charge in [-0.2, -0.15) is 0 Å². The van der Waals surface area contributed by atoms with E-state index < -0.39 is 0 Å². The number of rotatable bonds is 7. The van der Waals surface area contributed by atoms with Gasteiger partial charge in [0.15, 0.2) is 0 Å². The third kappa shape index (κ3) is 5.23. The first-order chi connectivity index (χ1) is 10.7. The molecule has 0 unspecified atom stereocenters. The highest BCUT2D eigenvalue weighted by Crippen LogP contribution is 2.20. The Bertz CT molecular complexity index is 588. The summed E-state index contributed by atoms with van der Waals surface area (Å²) in [5.74, 6) is 1.78. The van der Waals surface area contributed by atoms with E-state index in [9.17, 15) is 4.79 Å². The zero-order valence-electron chi connectivity index (χ0n) is 12.7. The topological polar surface area (TPSA) is 57.3 Å². The molecule has 7 heteroatoms. The molecule has 2 N–H and O–H groups in total. The number of carbonyl (C=O) groups excluding carboxylic acids is 1. The molecular weight excluding hydrogens is 316 g/mol. The maximum absolute atomic E-state index is 11.0. The van der Waals surface area contributed by atoms with Crippen molar-refractivity contribution in [1.29, 1.82) is 0 Å². The zero-order valence-corrected chi connectivity index (χ0v) is 14.3. The van der Waals surface area contributed by atoms with Crippen LogP contribution in [0.4, 0.5) is 10.6 Å². The first-order valence-corrected chi connectivity index (χ1v) is 8.84. The van der Waals surface area contributed by atoms with Crippen LogP contribution in [-0.4, -0.2) is 37.4 Å². The number of urea groups is 1. The number of nitrogens with zero attached hydrogens (tertiary/aromatic N) is 2. The maximum atomic E-state index is 11.0. The molecule has 0 atom stereocenters. The summed E-state index contributed by atoms with van der Waals surface area (Å²) >= 11 is 3.07. The third-order valence-electron chi connectivity index (χ3n) is 3.05. The van der Waals surface area contributed by atoms with Gasteiger partial charge in [-0.25, -0.2) is 9.78 Å². The number of anilines is 1. The van der Waals surface area contributed by atoms with Crippen LogP contribution in [0.25, 0.3) is 0 Å². The van der Waals surface area contributed by atoms with Gasteiger partial charge in [0.05, 0.1) is 5.01 Å². The molecule has 0 fully saturated rings. The van der Waals surface area contributed by atoms with E-state index in [1.807, 2.05) is 25.2 Å². The Morgan fingerprint density at radius 3 is 2.86 bits per heavy atom. The quantitative estimate of drug-likeness (QED) is 0.603. The summed E-state index contributed by atoms with van der Waals surface area (Å²) in [5.41, 5.74) is 1.27. The number of hydrogen-bond donors (Lipinski definition) is 2. The van der Waals surface area contributed by atoms with Crippen LogP contribution in [0.2, 0.25) is 0 Å². The Morgan fingerprint density at radius 2 is 2.14 bits per heavy atom. The second-order valence-corrected chi connectivity index (χ2v) is 6.56. The van der Waals surface area contributed by atoms with Crippen molar-refractivity contribution >= 4 is 35.1 Å². The summed E-state index contributed by atoms with van der Waals surface area (Å²) in [5, 5.41) is 5.71. The van der Waals surface area contributed by atoms with E-state index in [1.165, 1.54) is 17.5 Å². The molecule has 22 heavy (non-hydrogen) atoms. The lowest BCUT2D eigenvalue weighted by atomic mass is 10.2. The van der Waals surface area contributed by atoms with Gasteiger partial charge in [-0.05, 0) is 17.5 Å². The second-order valence-electron chi connectivity index (χ2n) is 4.71. The van der Waals surface area contributed by atoms with Crippen LogP contribution in [0, 0.1) is 0 Å². The maximum Gasteiger partial charge on any atom is 0.324 e. The molecule has 1 aromatic carbocycles. The van der Waals surface area contributed by atoms with Crippen molar-refractivity contribution in [3.63, 3.8) is 0 Å². The van der Waals surface area contributed by atoms with Crippen LogP contribution < -0.4 is 14.9 Å². The molecule has 2 rings (SSSR count). The van der Waals surface area contributed by atoms with Crippen molar-refractivity contribution in [2.75, 3.05) is 31.3 Å². The molecule has 0 saturated carbocycles. The van der Waals surface area contributed by atoms with E-state index in [0.717, 1.165) is 29.5 Å². The predicted octanol–water partition coefficient (Wildman–Crippen LogP) is 2.75. The summed E-state index contributed by atoms with van der Waals surface area (Å²) < 4.78 is 2.70. The van der Waals surface area contributed by atoms with E-state index in [0.29, 0.717) is 0 Å². The Labute approximate surface area is 139 Å². The molecule has 0 aliphatic rings. The Kier molecular flexibility index (Phi) is 6.54. The molecule has 0 bridgehead atoms. The lowest BCUT2D eigenvalue weighted by Crippen LogP contribution is -2.29. The van der Waals surface area contributed by atoms with Crippen molar-refractivity contribution < 1.29 is 4.79 Å². The molecule has 1 aromatic heterocycles. The van der Waals surface area contributed by atoms with Gasteiger partial charge in [-0.3, -0.25) is 4.72 Å². The molecular formula is C15H20N4OS2. The predicted molar refractivity (Wildman–Crippen MR) is 94.7 cm³/mol. The molecule has 0 radical (unpaired) electrons. The van der Waals surface area contributed by atoms with Crippen LogP contribution in [0.5, 0.6) is 0 Å². The van der Waals surface area contributed by atoms with Gasteiger partial charge < -0.3 is 10.2 Å². The Balaban J connectivity index is 1.79. The van der Waals surface area contributed by atoms with Crippen molar-refractivity contribution in [3.8, 4) is 0 Å². The summed E-state index contributed by atoms with van der Waals surface area (Å²) in [4.78, 5) is 17.8. The van der Waals surface area contributed by atoms with Crippen LogP contribution in [-0.2, 0) is 6.42 Å². The van der Waals surface area contributed by atoms with E-state index >= 15 is 0 Å². The lowest BCUT2D eigenvalue weighted by molar-refractivity contribution is 0.248. The number of thiazole rings is 1. The fourth-order valence-corrected chi connectivity index (χ4v) is 3.36. The molecule has 0 spiro atoms. The molecule has 0 aliphatic carbocycles. The second kappa shape index (κ2) is 8.65. The average molecular weight is 336 g/mol. The van der Waals surface area contributed by atoms with Crippen LogP contribution >= 0.6 is 23.3 Å². The van der Waals surface area contributed by atoms with Crippen molar-refractivity contribution in [2.24, 2.45) is 0 Å². The first kappa shape index (κ1) is 16.6. The van der Waals surface area contributed by atoms with E-state index in [2.05, 4.69) is 37.4 Å². The molecule has 5 nitrogen and oxygen atoms in total. The van der Waals surface area contributed by atoms with Crippen molar-refractivity contribution in [3.05, 3.63) is 46.3 Å². The molecule has 2 amide bonds. The van der Waals surface area contributed by atoms with E-state index in [-0.39, 0.29) is 6.03 Å². The minimum atomic E-state index is -0.175. The molecule has 0 saturated heterocycles. The number of carbonyl (C=O) groups is 1. The SMILES string of the molecule is CNC(=O)NSCCN(C)c1csc(Cc2ccccc2)n1. The fraction of sp³-hybridized carbons (Fsp3) is 0.333.